The van der Waals surface area contributed by atoms with Gasteiger partial charge in [0.05, 0.1) is 22.6 Å². The first-order valence-corrected chi connectivity index (χ1v) is 10.8. The second kappa shape index (κ2) is 7.67. The Morgan fingerprint density at radius 2 is 1.62 bits per heavy atom. The highest BCUT2D eigenvalue weighted by molar-refractivity contribution is 5.98. The number of amides is 1. The number of imidazole rings is 1. The van der Waals surface area contributed by atoms with Crippen molar-refractivity contribution < 1.29 is 14.7 Å². The lowest BCUT2D eigenvalue weighted by atomic mass is 9.98. The third-order valence-electron chi connectivity index (χ3n) is 6.15. The zero-order valence-electron chi connectivity index (χ0n) is 17.8. The van der Waals surface area contributed by atoms with E-state index in [1.54, 1.807) is 42.7 Å². The molecule has 1 amide bonds. The number of H-pyrrole nitrogens is 1. The topological polar surface area (TPSA) is 108 Å². The van der Waals surface area contributed by atoms with Crippen molar-refractivity contribution in [3.63, 3.8) is 0 Å². The number of carboxylic acids is 1. The van der Waals surface area contributed by atoms with Gasteiger partial charge in [-0.3, -0.25) is 9.78 Å². The highest BCUT2D eigenvalue weighted by Gasteiger charge is 2.32. The van der Waals surface area contributed by atoms with E-state index in [4.69, 9.17) is 4.98 Å². The van der Waals surface area contributed by atoms with Crippen molar-refractivity contribution in [3.8, 4) is 22.5 Å². The maximum atomic E-state index is 13.0. The zero-order chi connectivity index (χ0) is 23.2. The summed E-state index contributed by atoms with van der Waals surface area (Å²) in [4.78, 5) is 36.3. The van der Waals surface area contributed by atoms with Crippen LogP contribution in [-0.2, 0) is 0 Å². The van der Waals surface area contributed by atoms with Gasteiger partial charge in [0.2, 0.25) is 0 Å². The predicted molar refractivity (Wildman–Crippen MR) is 127 cm³/mol. The Kier molecular flexibility index (Phi) is 4.48. The number of nitrogens with zero attached hydrogens (tertiary/aromatic N) is 2. The number of hydrogen-bond donors (Lipinski definition) is 3. The van der Waals surface area contributed by atoms with Crippen LogP contribution in [0.2, 0.25) is 0 Å². The number of aromatic nitrogens is 3. The molecule has 34 heavy (non-hydrogen) atoms. The van der Waals surface area contributed by atoms with Crippen LogP contribution >= 0.6 is 0 Å². The quantitative estimate of drug-likeness (QED) is 0.367. The molecule has 3 N–H and O–H groups in total. The summed E-state index contributed by atoms with van der Waals surface area (Å²) in [5.74, 6) is -0.518. The standard InChI is InChI=1S/C27H18N4O3/c32-26(15-10-12-28-13-11-15)31-24-18-5-2-1-4-17(18)23-19(24)6-3-7-20(23)25-29-21-9-8-16(27(33)34)14-22(21)30-25/h1-14,24H,(H,29,30)(H,31,32)(H,33,34). The van der Waals surface area contributed by atoms with E-state index in [2.05, 4.69) is 15.3 Å². The molecule has 0 bridgehead atoms. The van der Waals surface area contributed by atoms with Crippen molar-refractivity contribution in [3.05, 3.63) is 107 Å². The van der Waals surface area contributed by atoms with Crippen LogP contribution < -0.4 is 5.32 Å². The maximum absolute atomic E-state index is 13.0. The van der Waals surface area contributed by atoms with Gasteiger partial charge in [0, 0.05) is 23.5 Å². The summed E-state index contributed by atoms with van der Waals surface area (Å²) < 4.78 is 0. The SMILES string of the molecule is O=C(O)c1ccc2nc(-c3cccc4c3-c3ccccc3C4NC(=O)c3ccncc3)[nH]c2c1. The highest BCUT2D eigenvalue weighted by atomic mass is 16.4. The van der Waals surface area contributed by atoms with Gasteiger partial charge in [-0.05, 0) is 52.6 Å². The number of nitrogens with one attached hydrogen (secondary N) is 2. The molecule has 7 heteroatoms. The van der Waals surface area contributed by atoms with Crippen LogP contribution in [0.4, 0.5) is 0 Å². The van der Waals surface area contributed by atoms with Crippen molar-refractivity contribution in [2.75, 3.05) is 0 Å². The molecule has 3 aromatic carbocycles. The average molecular weight is 446 g/mol. The van der Waals surface area contributed by atoms with E-state index < -0.39 is 5.97 Å². The van der Waals surface area contributed by atoms with Gasteiger partial charge in [-0.2, -0.15) is 0 Å². The van der Waals surface area contributed by atoms with Gasteiger partial charge in [0.25, 0.3) is 5.91 Å². The second-order valence-corrected chi connectivity index (χ2v) is 8.12. The Hall–Kier alpha value is -4.78. The number of carbonyl (C=O) groups excluding carboxylic acids is 1. The van der Waals surface area contributed by atoms with Crippen LogP contribution in [0.5, 0.6) is 0 Å². The lowest BCUT2D eigenvalue weighted by Gasteiger charge is -2.16. The lowest BCUT2D eigenvalue weighted by Crippen LogP contribution is -2.28. The number of aromatic carboxylic acids is 1. The normalized spacial score (nSPS) is 13.9. The number of fused-ring (bicyclic) bond motifs is 4. The molecular formula is C27H18N4O3. The predicted octanol–water partition coefficient (Wildman–Crippen LogP) is 4.82. The van der Waals surface area contributed by atoms with Crippen molar-refractivity contribution in [1.82, 2.24) is 20.3 Å². The molecule has 1 aliphatic rings. The summed E-state index contributed by atoms with van der Waals surface area (Å²) >= 11 is 0. The molecule has 0 radical (unpaired) electrons. The molecule has 2 aromatic heterocycles. The van der Waals surface area contributed by atoms with Crippen molar-refractivity contribution in [2.24, 2.45) is 0 Å². The summed E-state index contributed by atoms with van der Waals surface area (Å²) in [6, 6.07) is 21.9. The Labute approximate surface area is 194 Å². The van der Waals surface area contributed by atoms with Crippen LogP contribution in [-0.4, -0.2) is 31.9 Å². The lowest BCUT2D eigenvalue weighted by molar-refractivity contribution is 0.0696. The number of pyridine rings is 1. The van der Waals surface area contributed by atoms with Crippen molar-refractivity contribution >= 4 is 22.9 Å². The molecule has 1 atom stereocenters. The van der Waals surface area contributed by atoms with E-state index in [0.29, 0.717) is 22.4 Å². The van der Waals surface area contributed by atoms with Crippen LogP contribution in [0.15, 0.2) is 85.2 Å². The minimum absolute atomic E-state index is 0.176. The first-order valence-electron chi connectivity index (χ1n) is 10.8. The molecule has 1 aliphatic carbocycles. The van der Waals surface area contributed by atoms with E-state index in [1.807, 2.05) is 42.5 Å². The number of carboxylic acid groups (broad SMARTS) is 1. The smallest absolute Gasteiger partial charge is 0.335 e. The number of carbonyl (C=O) groups is 2. The molecule has 0 spiro atoms. The summed E-state index contributed by atoms with van der Waals surface area (Å²) in [6.07, 6.45) is 3.20. The number of hydrogen-bond acceptors (Lipinski definition) is 4. The molecule has 2 heterocycles. The summed E-state index contributed by atoms with van der Waals surface area (Å²) in [5.41, 5.74) is 6.99. The van der Waals surface area contributed by atoms with E-state index in [9.17, 15) is 14.7 Å². The van der Waals surface area contributed by atoms with E-state index in [-0.39, 0.29) is 17.5 Å². The van der Waals surface area contributed by atoms with Crippen molar-refractivity contribution in [1.29, 1.82) is 0 Å². The molecule has 0 saturated carbocycles. The number of benzene rings is 3. The van der Waals surface area contributed by atoms with Gasteiger partial charge in [-0.1, -0.05) is 42.5 Å². The third kappa shape index (κ3) is 3.14. The fourth-order valence-electron chi connectivity index (χ4n) is 4.60. The van der Waals surface area contributed by atoms with Gasteiger partial charge < -0.3 is 15.4 Å². The van der Waals surface area contributed by atoms with Crippen LogP contribution in [0, 0.1) is 0 Å². The third-order valence-corrected chi connectivity index (χ3v) is 6.15. The molecule has 6 rings (SSSR count). The zero-order valence-corrected chi connectivity index (χ0v) is 17.8. The van der Waals surface area contributed by atoms with Gasteiger partial charge >= 0.3 is 5.97 Å². The van der Waals surface area contributed by atoms with Crippen molar-refractivity contribution in [2.45, 2.75) is 6.04 Å². The molecule has 0 aliphatic heterocycles. The molecule has 7 nitrogen and oxygen atoms in total. The Morgan fingerprint density at radius 3 is 2.44 bits per heavy atom. The first kappa shape index (κ1) is 19.9. The fourth-order valence-corrected chi connectivity index (χ4v) is 4.60. The Balaban J connectivity index is 1.47. The van der Waals surface area contributed by atoms with E-state index in [0.717, 1.165) is 27.8 Å². The largest absolute Gasteiger partial charge is 0.478 e. The summed E-state index contributed by atoms with van der Waals surface area (Å²) in [6.45, 7) is 0. The number of rotatable bonds is 4. The first-order chi connectivity index (χ1) is 16.6. The maximum Gasteiger partial charge on any atom is 0.335 e. The van der Waals surface area contributed by atoms with Crippen LogP contribution in [0.25, 0.3) is 33.5 Å². The number of aromatic amines is 1. The highest BCUT2D eigenvalue weighted by Crippen LogP contribution is 2.47. The molecule has 164 valence electrons. The summed E-state index contributed by atoms with van der Waals surface area (Å²) in [7, 11) is 0. The monoisotopic (exact) mass is 446 g/mol. The minimum atomic E-state index is -0.986. The molecule has 5 aromatic rings. The Morgan fingerprint density at radius 1 is 0.853 bits per heavy atom. The molecular weight excluding hydrogens is 428 g/mol. The summed E-state index contributed by atoms with van der Waals surface area (Å²) in [5, 5.41) is 12.5. The molecule has 0 fully saturated rings. The van der Waals surface area contributed by atoms with Crippen LogP contribution in [0.3, 0.4) is 0 Å². The molecule has 1 unspecified atom stereocenters. The van der Waals surface area contributed by atoms with Gasteiger partial charge in [0.15, 0.2) is 0 Å². The fraction of sp³-hybridized carbons (Fsp3) is 0.0370. The Bertz CT molecular complexity index is 1590. The van der Waals surface area contributed by atoms with Gasteiger partial charge in [-0.15, -0.1) is 0 Å². The second-order valence-electron chi connectivity index (χ2n) is 8.12. The van der Waals surface area contributed by atoms with Crippen LogP contribution in [0.1, 0.15) is 37.9 Å². The van der Waals surface area contributed by atoms with E-state index in [1.165, 1.54) is 0 Å². The van der Waals surface area contributed by atoms with Gasteiger partial charge in [-0.25, -0.2) is 9.78 Å². The molecule has 0 saturated heterocycles. The average Bonchev–Trinajstić information content (AvgIpc) is 3.44. The minimum Gasteiger partial charge on any atom is -0.478 e. The van der Waals surface area contributed by atoms with E-state index >= 15 is 0 Å². The van der Waals surface area contributed by atoms with Gasteiger partial charge in [0.1, 0.15) is 5.82 Å².